The summed E-state index contributed by atoms with van der Waals surface area (Å²) in [7, 11) is -2.37. The van der Waals surface area contributed by atoms with Gasteiger partial charge in [-0.1, -0.05) is 6.07 Å². The Morgan fingerprint density at radius 3 is 2.83 bits per heavy atom. The van der Waals surface area contributed by atoms with E-state index < -0.39 is 16.0 Å². The van der Waals surface area contributed by atoms with Crippen LogP contribution in [0.2, 0.25) is 0 Å². The van der Waals surface area contributed by atoms with E-state index >= 15 is 0 Å². The molecular weight excluding hydrogens is 332 g/mol. The maximum Gasteiger partial charge on any atom is 0.335 e. The van der Waals surface area contributed by atoms with Crippen LogP contribution in [0.15, 0.2) is 23.1 Å². The second-order valence-electron chi connectivity index (χ2n) is 5.83. The lowest BCUT2D eigenvalue weighted by atomic mass is 10.1. The summed E-state index contributed by atoms with van der Waals surface area (Å²) < 4.78 is 28.8. The third kappa shape index (κ3) is 2.80. The molecule has 1 aliphatic rings. The van der Waals surface area contributed by atoms with Gasteiger partial charge in [0.05, 0.1) is 17.0 Å². The molecule has 2 heterocycles. The Morgan fingerprint density at radius 1 is 1.38 bits per heavy atom. The van der Waals surface area contributed by atoms with Crippen molar-refractivity contribution >= 4 is 16.0 Å². The molecule has 8 nitrogen and oxygen atoms in total. The second kappa shape index (κ2) is 5.99. The highest BCUT2D eigenvalue weighted by molar-refractivity contribution is 7.89. The van der Waals surface area contributed by atoms with Crippen LogP contribution in [-0.2, 0) is 29.5 Å². The van der Waals surface area contributed by atoms with Gasteiger partial charge in [-0.2, -0.15) is 4.31 Å². The molecule has 0 saturated carbocycles. The van der Waals surface area contributed by atoms with Crippen molar-refractivity contribution in [3.05, 3.63) is 41.0 Å². The van der Waals surface area contributed by atoms with Crippen LogP contribution in [0.1, 0.15) is 34.0 Å². The molecule has 128 valence electrons. The number of aryl methyl sites for hydroxylation is 2. The minimum absolute atomic E-state index is 0.00828. The highest BCUT2D eigenvalue weighted by Crippen LogP contribution is 2.23. The molecular formula is C15H18N4O4S. The number of carboxylic acids is 1. The number of rotatable bonds is 5. The van der Waals surface area contributed by atoms with E-state index in [0.29, 0.717) is 11.4 Å². The van der Waals surface area contributed by atoms with Gasteiger partial charge in [-0.25, -0.2) is 13.2 Å². The smallest absolute Gasteiger partial charge is 0.335 e. The van der Waals surface area contributed by atoms with Crippen molar-refractivity contribution in [1.82, 2.24) is 19.1 Å². The Balaban J connectivity index is 1.92. The van der Waals surface area contributed by atoms with Crippen LogP contribution in [-0.4, -0.2) is 45.6 Å². The molecule has 0 aliphatic carbocycles. The fourth-order valence-electron chi connectivity index (χ4n) is 2.79. The van der Waals surface area contributed by atoms with Crippen molar-refractivity contribution < 1.29 is 18.3 Å². The quantitative estimate of drug-likeness (QED) is 0.864. The zero-order valence-corrected chi connectivity index (χ0v) is 14.2. The fourth-order valence-corrected chi connectivity index (χ4v) is 4.16. The molecule has 0 bridgehead atoms. The first kappa shape index (κ1) is 16.6. The minimum Gasteiger partial charge on any atom is -0.478 e. The van der Waals surface area contributed by atoms with Gasteiger partial charge in [-0.3, -0.25) is 0 Å². The van der Waals surface area contributed by atoms with Gasteiger partial charge in [0.2, 0.25) is 10.0 Å². The molecule has 0 unspecified atom stereocenters. The summed E-state index contributed by atoms with van der Waals surface area (Å²) in [6, 6.07) is 4.08. The van der Waals surface area contributed by atoms with Crippen LogP contribution >= 0.6 is 0 Å². The van der Waals surface area contributed by atoms with Crippen LogP contribution in [0.3, 0.4) is 0 Å². The maximum atomic E-state index is 12.8. The Bertz CT molecular complexity index is 904. The lowest BCUT2D eigenvalue weighted by Crippen LogP contribution is -2.28. The predicted molar refractivity (Wildman–Crippen MR) is 85.1 cm³/mol. The molecule has 1 aromatic carbocycles. The van der Waals surface area contributed by atoms with Crippen LogP contribution in [0.5, 0.6) is 0 Å². The topological polar surface area (TPSA) is 105 Å². The zero-order chi connectivity index (χ0) is 17.5. The van der Waals surface area contributed by atoms with E-state index in [1.54, 1.807) is 6.92 Å². The molecule has 1 N–H and O–H groups in total. The van der Waals surface area contributed by atoms with Gasteiger partial charge >= 0.3 is 5.97 Å². The van der Waals surface area contributed by atoms with Gasteiger partial charge < -0.3 is 9.67 Å². The molecule has 3 rings (SSSR count). The lowest BCUT2D eigenvalue weighted by Gasteiger charge is -2.18. The number of fused-ring (bicyclic) bond motifs is 1. The minimum atomic E-state index is -3.83. The van der Waals surface area contributed by atoms with Crippen LogP contribution < -0.4 is 0 Å². The van der Waals surface area contributed by atoms with Gasteiger partial charge in [0.25, 0.3) is 0 Å². The third-order valence-corrected chi connectivity index (χ3v) is 6.12. The van der Waals surface area contributed by atoms with Crippen LogP contribution in [0.4, 0.5) is 0 Å². The van der Waals surface area contributed by atoms with Crippen molar-refractivity contribution in [2.45, 2.75) is 37.8 Å². The average Bonchev–Trinajstić information content (AvgIpc) is 3.12. The summed E-state index contributed by atoms with van der Waals surface area (Å²) in [5.74, 6) is 0.310. The number of carbonyl (C=O) groups is 1. The molecule has 2 aromatic rings. The van der Waals surface area contributed by atoms with Crippen molar-refractivity contribution in [2.24, 2.45) is 0 Å². The zero-order valence-electron chi connectivity index (χ0n) is 13.4. The number of carboxylic acid groups (broad SMARTS) is 1. The number of nitrogens with zero attached hydrogens (tertiary/aromatic N) is 4. The van der Waals surface area contributed by atoms with E-state index in [4.69, 9.17) is 5.11 Å². The molecule has 0 spiro atoms. The monoisotopic (exact) mass is 350 g/mol. The second-order valence-corrected chi connectivity index (χ2v) is 7.85. The number of hydrogen-bond acceptors (Lipinski definition) is 5. The van der Waals surface area contributed by atoms with E-state index in [-0.39, 0.29) is 17.0 Å². The van der Waals surface area contributed by atoms with E-state index in [0.717, 1.165) is 25.2 Å². The third-order valence-electron chi connectivity index (χ3n) is 4.17. The molecule has 0 amide bonds. The Morgan fingerprint density at radius 2 is 2.12 bits per heavy atom. The SMILES string of the molecule is Cc1ccc(C(=O)O)cc1S(=O)(=O)N(C)Cc1nnc2n1CCC2. The van der Waals surface area contributed by atoms with Crippen molar-refractivity contribution in [1.29, 1.82) is 0 Å². The van der Waals surface area contributed by atoms with E-state index in [9.17, 15) is 13.2 Å². The fraction of sp³-hybridized carbons (Fsp3) is 0.400. The maximum absolute atomic E-state index is 12.8. The van der Waals surface area contributed by atoms with Crippen LogP contribution in [0.25, 0.3) is 0 Å². The summed E-state index contributed by atoms with van der Waals surface area (Å²) in [4.78, 5) is 11.1. The van der Waals surface area contributed by atoms with E-state index in [1.165, 1.54) is 29.6 Å². The number of hydrogen-bond donors (Lipinski definition) is 1. The highest BCUT2D eigenvalue weighted by Gasteiger charge is 2.27. The van der Waals surface area contributed by atoms with Crippen LogP contribution in [0, 0.1) is 6.92 Å². The lowest BCUT2D eigenvalue weighted by molar-refractivity contribution is 0.0696. The first-order valence-corrected chi connectivity index (χ1v) is 8.96. The highest BCUT2D eigenvalue weighted by atomic mass is 32.2. The van der Waals surface area contributed by atoms with Gasteiger partial charge in [-0.15, -0.1) is 10.2 Å². The van der Waals surface area contributed by atoms with Crippen molar-refractivity contribution in [3.8, 4) is 0 Å². The molecule has 1 aliphatic heterocycles. The Kier molecular flexibility index (Phi) is 4.14. The molecule has 24 heavy (non-hydrogen) atoms. The Labute approximate surface area is 139 Å². The predicted octanol–water partition coefficient (Wildman–Crippen LogP) is 1.05. The summed E-state index contributed by atoms with van der Waals surface area (Å²) >= 11 is 0. The summed E-state index contributed by atoms with van der Waals surface area (Å²) in [5, 5.41) is 17.2. The normalized spacial score (nSPS) is 14.1. The standard InChI is InChI=1S/C15H18N4O4S/c1-10-5-6-11(15(20)21)8-12(10)24(22,23)18(2)9-14-17-16-13-4-3-7-19(13)14/h5-6,8H,3-4,7,9H2,1-2H3,(H,20,21). The first-order valence-electron chi connectivity index (χ1n) is 7.52. The molecule has 0 fully saturated rings. The van der Waals surface area contributed by atoms with Gasteiger partial charge in [0.15, 0.2) is 0 Å². The summed E-state index contributed by atoms with van der Waals surface area (Å²) in [6.45, 7) is 2.52. The molecule has 9 heteroatoms. The average molecular weight is 350 g/mol. The molecule has 1 aromatic heterocycles. The molecule has 0 radical (unpaired) electrons. The number of aromatic nitrogens is 3. The van der Waals surface area contributed by atoms with Crippen molar-refractivity contribution in [3.63, 3.8) is 0 Å². The summed E-state index contributed by atoms with van der Waals surface area (Å²) in [6.07, 6.45) is 1.83. The van der Waals surface area contributed by atoms with E-state index in [1.807, 2.05) is 4.57 Å². The number of benzene rings is 1. The van der Waals surface area contributed by atoms with Gasteiger partial charge in [-0.05, 0) is 31.0 Å². The molecule has 0 saturated heterocycles. The number of aromatic carboxylic acids is 1. The molecule has 0 atom stereocenters. The van der Waals surface area contributed by atoms with Crippen molar-refractivity contribution in [2.75, 3.05) is 7.05 Å². The van der Waals surface area contributed by atoms with E-state index in [2.05, 4.69) is 10.2 Å². The Hall–Kier alpha value is -2.26. The number of sulfonamides is 1. The largest absolute Gasteiger partial charge is 0.478 e. The summed E-state index contributed by atoms with van der Waals surface area (Å²) in [5.41, 5.74) is 0.439. The van der Waals surface area contributed by atoms with Gasteiger partial charge in [0, 0.05) is 20.0 Å². The first-order chi connectivity index (χ1) is 11.3. The van der Waals surface area contributed by atoms with Gasteiger partial charge in [0.1, 0.15) is 11.6 Å².